The number of carbonyl (C=O) groups excluding carboxylic acids is 1. The predicted molar refractivity (Wildman–Crippen MR) is 411 cm³/mol. The highest BCUT2D eigenvalue weighted by Gasteiger charge is 2.39. The van der Waals surface area contributed by atoms with Gasteiger partial charge in [-0.05, 0) is 168 Å². The van der Waals surface area contributed by atoms with Crippen LogP contribution in [0.2, 0.25) is 0 Å². The zero-order valence-corrected chi connectivity index (χ0v) is 64.7. The van der Waals surface area contributed by atoms with Gasteiger partial charge in [0.15, 0.2) is 81.7 Å². The zero-order valence-electron chi connectivity index (χ0n) is 61.5. The number of methoxy groups -OCH3 is 7. The Balaban J connectivity index is 0.000000126. The summed E-state index contributed by atoms with van der Waals surface area (Å²) in [6, 6.07) is 49.3. The first kappa shape index (κ1) is 73.1. The van der Waals surface area contributed by atoms with Crippen molar-refractivity contribution in [2.45, 2.75) is 83.8 Å². The Kier molecular flexibility index (Phi) is 21.4. The summed E-state index contributed by atoms with van der Waals surface area (Å²) < 4.78 is 77.2. The van der Waals surface area contributed by atoms with E-state index in [0.717, 1.165) is 146 Å². The Bertz CT molecular complexity index is 5380. The van der Waals surface area contributed by atoms with Crippen LogP contribution in [0.3, 0.4) is 0 Å². The number of halogens is 2. The molecule has 18 rings (SSSR count). The summed E-state index contributed by atoms with van der Waals surface area (Å²) in [4.78, 5) is 28.4. The first-order chi connectivity index (χ1) is 51.8. The molecule has 0 saturated carbocycles. The molecule has 18 nitrogen and oxygen atoms in total. The Labute approximate surface area is 640 Å². The molecule has 1 atom stereocenters. The van der Waals surface area contributed by atoms with Crippen LogP contribution in [-0.4, -0.2) is 91.9 Å². The number of ether oxygens (including phenoxy) is 13. The molecule has 1 unspecified atom stereocenters. The van der Waals surface area contributed by atoms with E-state index in [2.05, 4.69) is 130 Å². The van der Waals surface area contributed by atoms with Crippen molar-refractivity contribution in [1.82, 2.24) is 9.47 Å². The molecule has 7 aliphatic heterocycles. The van der Waals surface area contributed by atoms with E-state index < -0.39 is 0 Å². The van der Waals surface area contributed by atoms with Crippen LogP contribution < -0.4 is 88.7 Å². The van der Waals surface area contributed by atoms with Gasteiger partial charge in [-0.2, -0.15) is 4.57 Å². The third-order valence-corrected chi connectivity index (χ3v) is 21.7. The molecule has 0 amide bonds. The Morgan fingerprint density at radius 1 is 0.514 bits per heavy atom. The molecule has 0 bridgehead atoms. The van der Waals surface area contributed by atoms with Gasteiger partial charge in [0, 0.05) is 83.0 Å². The number of nitrogens with zero attached hydrogens (tertiary/aromatic N) is 3. The number of para-hydroxylation sites is 1. The van der Waals surface area contributed by atoms with E-state index in [-0.39, 0.29) is 54.7 Å². The number of aromatic nitrogens is 2. The largest absolute Gasteiger partial charge is 1.00 e. The first-order valence-electron chi connectivity index (χ1n) is 35.5. The Morgan fingerprint density at radius 2 is 1.01 bits per heavy atom. The summed E-state index contributed by atoms with van der Waals surface area (Å²) in [7, 11) is 11.5. The lowest BCUT2D eigenvalue weighted by Gasteiger charge is -2.43. The van der Waals surface area contributed by atoms with Crippen molar-refractivity contribution >= 4 is 55.0 Å². The molecular formula is C87H83Br2N3O15. The van der Waals surface area contributed by atoms with E-state index >= 15 is 0 Å². The Hall–Kier alpha value is -10.8. The smallest absolute Gasteiger partial charge is 0.262 e. The highest BCUT2D eigenvalue weighted by atomic mass is 79.9. The van der Waals surface area contributed by atoms with Crippen molar-refractivity contribution < 1.29 is 87.9 Å². The third kappa shape index (κ3) is 13.6. The van der Waals surface area contributed by atoms with Crippen LogP contribution >= 0.6 is 15.9 Å². The van der Waals surface area contributed by atoms with E-state index in [1.807, 2.05) is 71.3 Å². The average Bonchev–Trinajstić information content (AvgIpc) is 1.43. The SMILES string of the molecule is COc1ccc2c(Cc3ccccc3C)c3[n+](cc2c1OC)CCc1cc2c(cc1-3)OCO2.COc1ccc2c(Cc3ccccc3C)c3n(c(=O)c2c1OC)CCc1cc2c(cc1-3)OCO2.COc1ccc2c(c1OC)C(CC(C)=O)N1CCc3cc4c(cc3C1=C2)OCO4.COc1ccccc1CBr.[Br-]. The van der Waals surface area contributed by atoms with Gasteiger partial charge in [-0.15, -0.1) is 0 Å². The second-order valence-corrected chi connectivity index (χ2v) is 27.4. The number of alkyl halides is 1. The van der Waals surface area contributed by atoms with Crippen molar-refractivity contribution in [3.8, 4) is 97.3 Å². The third-order valence-electron chi connectivity index (χ3n) is 21.1. The molecule has 9 aromatic carbocycles. The Morgan fingerprint density at radius 3 is 1.58 bits per heavy atom. The lowest BCUT2D eigenvalue weighted by molar-refractivity contribution is -0.686. The number of hydrogen-bond donors (Lipinski definition) is 0. The standard InChI is InChI=1S/C28H25NO5.C28H26NO4.C23H23NO5.C8H9BrO.BrH/c1-16-6-4-5-7-17(16)12-21-19-8-9-22(31-2)27(32-3)25(19)28(30)29-11-10-18-13-23-24(34-15-33-23)14-20(18)26(21)29;1-17-6-4-5-7-18(17)12-22-20-8-9-24(30-2)28(31-3)23(20)15-29-11-10-19-13-25-26(33-16-32-25)14-21(19)27(22)29;1-13(25)8-18-22-15(4-5-19(26-2)23(22)27-3)9-17-16-11-21-20(28-12-29-21)10-14(16)6-7-24(17)18;1-10-8-5-3-2-4-7(8)6-9;/h4-9,13-14H,10-12,15H2,1-3H3;4-9,13-15H,10-12,16H2,1-3H3;4-5,9-11,18H,6-8,12H2,1-3H3;2-5H,6H2,1H3;1H/q;+1;;;/p-1. The van der Waals surface area contributed by atoms with E-state index in [0.29, 0.717) is 53.5 Å². The van der Waals surface area contributed by atoms with Crippen LogP contribution in [0, 0.1) is 13.8 Å². The molecule has 0 radical (unpaired) electrons. The number of ketones is 1. The number of pyridine rings is 2. The first-order valence-corrected chi connectivity index (χ1v) is 36.6. The van der Waals surface area contributed by atoms with Gasteiger partial charge in [-0.25, -0.2) is 0 Å². The minimum absolute atomic E-state index is 0. The molecule has 0 aliphatic carbocycles. The maximum atomic E-state index is 13.9. The van der Waals surface area contributed by atoms with Gasteiger partial charge >= 0.3 is 0 Å². The maximum absolute atomic E-state index is 13.9. The van der Waals surface area contributed by atoms with Crippen LogP contribution in [-0.2, 0) is 55.3 Å². The van der Waals surface area contributed by atoms with Gasteiger partial charge in [-0.3, -0.25) is 9.59 Å². The maximum Gasteiger partial charge on any atom is 0.262 e. The van der Waals surface area contributed by atoms with Crippen molar-refractivity contribution in [3.05, 3.63) is 234 Å². The summed E-state index contributed by atoms with van der Waals surface area (Å²) >= 11 is 3.37. The normalized spacial score (nSPS) is 14.3. The molecule has 7 aliphatic rings. The van der Waals surface area contributed by atoms with Crippen molar-refractivity contribution in [2.24, 2.45) is 0 Å². The topological polar surface area (TPSA) is 166 Å². The highest BCUT2D eigenvalue weighted by molar-refractivity contribution is 9.08. The molecule has 11 aromatic rings. The van der Waals surface area contributed by atoms with E-state index in [1.54, 1.807) is 56.7 Å². The lowest BCUT2D eigenvalue weighted by Crippen LogP contribution is -3.00. The van der Waals surface area contributed by atoms with E-state index in [4.69, 9.17) is 61.6 Å². The minimum Gasteiger partial charge on any atom is -1.00 e. The molecule has 0 spiro atoms. The molecule has 2 aromatic heterocycles. The second-order valence-electron chi connectivity index (χ2n) is 26.9. The minimum atomic E-state index is -0.105. The number of carbonyl (C=O) groups is 1. The zero-order chi connectivity index (χ0) is 73.4. The van der Waals surface area contributed by atoms with Crippen LogP contribution in [0.5, 0.6) is 74.7 Å². The number of Topliss-reactive ketones (excluding diaryl/α,β-unsaturated/α-hetero) is 1. The van der Waals surface area contributed by atoms with Gasteiger partial charge in [0.2, 0.25) is 26.1 Å². The quantitative estimate of drug-likeness (QED) is 0.0744. The van der Waals surface area contributed by atoms with Crippen LogP contribution in [0.15, 0.2) is 157 Å². The van der Waals surface area contributed by atoms with Crippen LogP contribution in [0.1, 0.15) is 91.7 Å². The van der Waals surface area contributed by atoms with Crippen molar-refractivity contribution in [1.29, 1.82) is 0 Å². The average molecular weight is 1570 g/mol. The summed E-state index contributed by atoms with van der Waals surface area (Å²) in [5.74, 6) is 9.72. The molecule has 0 fully saturated rings. The fraction of sp³-hybridized carbons (Fsp3) is 0.276. The summed E-state index contributed by atoms with van der Waals surface area (Å²) in [6.07, 6.45) is 8.85. The number of hydrogen-bond acceptors (Lipinski definition) is 16. The number of fused-ring (bicyclic) bond motifs is 15. The van der Waals surface area contributed by atoms with Crippen molar-refractivity contribution in [3.63, 3.8) is 0 Å². The van der Waals surface area contributed by atoms with Crippen molar-refractivity contribution in [2.75, 3.05) is 76.7 Å². The molecule has 20 heteroatoms. The van der Waals surface area contributed by atoms with E-state index in [1.165, 1.54) is 61.2 Å². The predicted octanol–water partition coefficient (Wildman–Crippen LogP) is 13.3. The second kappa shape index (κ2) is 31.3. The van der Waals surface area contributed by atoms with Gasteiger partial charge in [0.1, 0.15) is 11.5 Å². The number of benzene rings is 9. The monoisotopic (exact) mass is 1570 g/mol. The van der Waals surface area contributed by atoms with Gasteiger partial charge in [0.25, 0.3) is 5.56 Å². The lowest BCUT2D eigenvalue weighted by atomic mass is 9.84. The van der Waals surface area contributed by atoms with Gasteiger partial charge < -0.3 is 88.0 Å². The number of aryl methyl sites for hydroxylation is 5. The molecule has 550 valence electrons. The molecule has 0 N–H and O–H groups in total. The highest BCUT2D eigenvalue weighted by Crippen LogP contribution is 2.52. The molecule has 9 heterocycles. The molecular weight excluding hydrogens is 1490 g/mol. The fourth-order valence-corrected chi connectivity index (χ4v) is 16.4. The summed E-state index contributed by atoms with van der Waals surface area (Å²) in [5.41, 5.74) is 20.9. The summed E-state index contributed by atoms with van der Waals surface area (Å²) in [5, 5.41) is 4.51. The van der Waals surface area contributed by atoms with E-state index in [9.17, 15) is 9.59 Å². The number of rotatable bonds is 14. The fourth-order valence-electron chi connectivity index (χ4n) is 15.9. The van der Waals surface area contributed by atoms with Crippen LogP contribution in [0.25, 0.3) is 55.8 Å². The van der Waals surface area contributed by atoms with Crippen LogP contribution in [0.4, 0.5) is 0 Å². The summed E-state index contributed by atoms with van der Waals surface area (Å²) in [6.45, 7) is 8.98. The van der Waals surface area contributed by atoms with Gasteiger partial charge in [-0.1, -0.05) is 88.7 Å². The van der Waals surface area contributed by atoms with Gasteiger partial charge in [0.05, 0.1) is 77.8 Å². The molecule has 107 heavy (non-hydrogen) atoms. The molecule has 0 saturated heterocycles.